The number of nitrogens with one attached hydrogen (secondary N) is 1. The lowest BCUT2D eigenvalue weighted by atomic mass is 10.0. The molecule has 0 aliphatic carbocycles. The summed E-state index contributed by atoms with van der Waals surface area (Å²) in [4.78, 5) is 10.2. The van der Waals surface area contributed by atoms with Gasteiger partial charge in [0, 0.05) is 11.1 Å². The number of aliphatic hydroxyl groups is 3. The Bertz CT molecular complexity index is 428. The molecular weight excluding hydrogens is 264 g/mol. The van der Waals surface area contributed by atoms with E-state index in [4.69, 9.17) is 26.9 Å². The Morgan fingerprint density at radius 1 is 1.28 bits per heavy atom. The molecule has 1 aromatic rings. The second-order valence-corrected chi connectivity index (χ2v) is 4.23. The van der Waals surface area contributed by atoms with E-state index in [1.807, 2.05) is 0 Å². The van der Waals surface area contributed by atoms with Crippen LogP contribution in [0.3, 0.4) is 0 Å². The van der Waals surface area contributed by atoms with E-state index >= 15 is 0 Å². The summed E-state index contributed by atoms with van der Waals surface area (Å²) >= 11 is 5.65. The van der Waals surface area contributed by atoms with Crippen molar-refractivity contribution in [3.05, 3.63) is 33.3 Å². The molecule has 0 aliphatic heterocycles. The van der Waals surface area contributed by atoms with Gasteiger partial charge in [-0.3, -0.25) is 10.1 Å². The van der Waals surface area contributed by atoms with Crippen LogP contribution in [0.25, 0.3) is 0 Å². The number of rotatable bonds is 6. The summed E-state index contributed by atoms with van der Waals surface area (Å²) in [5.74, 6) is 0. The molecular formula is C10H13ClN2O5. The lowest BCUT2D eigenvalue weighted by molar-refractivity contribution is -0.384. The number of nitrogens with zero attached hydrogens (tertiary/aromatic N) is 1. The van der Waals surface area contributed by atoms with Crippen LogP contribution in [0.5, 0.6) is 0 Å². The highest BCUT2D eigenvalue weighted by molar-refractivity contribution is 6.30. The topological polar surface area (TPSA) is 116 Å². The molecule has 8 heteroatoms. The highest BCUT2D eigenvalue weighted by Gasteiger charge is 2.30. The minimum Gasteiger partial charge on any atom is -0.394 e. The summed E-state index contributed by atoms with van der Waals surface area (Å²) in [5.41, 5.74) is -1.68. The summed E-state index contributed by atoms with van der Waals surface area (Å²) < 4.78 is 0. The number of hydrogen-bond donors (Lipinski definition) is 4. The van der Waals surface area contributed by atoms with Gasteiger partial charge in [-0.15, -0.1) is 0 Å². The Morgan fingerprint density at radius 2 is 1.83 bits per heavy atom. The van der Waals surface area contributed by atoms with Crippen molar-refractivity contribution in [3.8, 4) is 0 Å². The van der Waals surface area contributed by atoms with Gasteiger partial charge in [-0.25, -0.2) is 0 Å². The van der Waals surface area contributed by atoms with Crippen LogP contribution in [0.15, 0.2) is 18.2 Å². The van der Waals surface area contributed by atoms with Crippen LogP contribution in [-0.4, -0.2) is 45.6 Å². The lowest BCUT2D eigenvalue weighted by Gasteiger charge is -2.29. The zero-order valence-corrected chi connectivity index (χ0v) is 10.1. The van der Waals surface area contributed by atoms with Gasteiger partial charge in [0.25, 0.3) is 5.69 Å². The van der Waals surface area contributed by atoms with Gasteiger partial charge in [-0.05, 0) is 12.1 Å². The van der Waals surface area contributed by atoms with Crippen LogP contribution in [0.1, 0.15) is 0 Å². The number of halogens is 1. The summed E-state index contributed by atoms with van der Waals surface area (Å²) in [7, 11) is 0. The van der Waals surface area contributed by atoms with Crippen molar-refractivity contribution in [3.63, 3.8) is 0 Å². The molecule has 0 amide bonds. The zero-order valence-electron chi connectivity index (χ0n) is 9.34. The van der Waals surface area contributed by atoms with Crippen molar-refractivity contribution in [2.24, 2.45) is 0 Å². The molecule has 0 spiro atoms. The summed E-state index contributed by atoms with van der Waals surface area (Å²) in [6.07, 6.45) is 0. The normalized spacial score (nSPS) is 11.3. The van der Waals surface area contributed by atoms with E-state index in [0.29, 0.717) is 0 Å². The third-order valence-electron chi connectivity index (χ3n) is 2.46. The van der Waals surface area contributed by atoms with E-state index in [-0.39, 0.29) is 16.4 Å². The fourth-order valence-corrected chi connectivity index (χ4v) is 1.48. The zero-order chi connectivity index (χ0) is 13.8. The van der Waals surface area contributed by atoms with Crippen molar-refractivity contribution in [2.45, 2.75) is 5.54 Å². The first-order valence-corrected chi connectivity index (χ1v) is 5.40. The molecule has 0 aliphatic rings. The highest BCUT2D eigenvalue weighted by Crippen LogP contribution is 2.29. The largest absolute Gasteiger partial charge is 0.394 e. The van der Waals surface area contributed by atoms with E-state index in [2.05, 4.69) is 5.32 Å². The molecule has 0 saturated heterocycles. The third kappa shape index (κ3) is 3.08. The smallest absolute Gasteiger partial charge is 0.293 e. The van der Waals surface area contributed by atoms with Crippen LogP contribution < -0.4 is 5.32 Å². The van der Waals surface area contributed by atoms with Gasteiger partial charge in [-0.1, -0.05) is 11.6 Å². The van der Waals surface area contributed by atoms with Gasteiger partial charge >= 0.3 is 0 Å². The lowest BCUT2D eigenvalue weighted by Crippen LogP contribution is -2.49. The van der Waals surface area contributed by atoms with Crippen LogP contribution in [0, 0.1) is 10.1 Å². The molecule has 4 N–H and O–H groups in total. The standard InChI is InChI=1S/C10H13ClN2O5/c11-7-1-2-8(9(3-7)13(17)18)12-10(4-14,5-15)6-16/h1-3,12,14-16H,4-6H2. The highest BCUT2D eigenvalue weighted by atomic mass is 35.5. The van der Waals surface area contributed by atoms with E-state index in [1.54, 1.807) is 0 Å². The predicted octanol–water partition coefficient (Wildman–Crippen LogP) is 0.376. The third-order valence-corrected chi connectivity index (χ3v) is 2.70. The minimum atomic E-state index is -1.43. The van der Waals surface area contributed by atoms with E-state index in [9.17, 15) is 10.1 Å². The first kappa shape index (κ1) is 14.7. The molecule has 0 aromatic heterocycles. The van der Waals surface area contributed by atoms with Crippen LogP contribution in [-0.2, 0) is 0 Å². The molecule has 1 rings (SSSR count). The molecule has 0 atom stereocenters. The second-order valence-electron chi connectivity index (χ2n) is 3.80. The molecule has 0 unspecified atom stereocenters. The number of hydrogen-bond acceptors (Lipinski definition) is 6. The maximum Gasteiger partial charge on any atom is 0.293 e. The molecule has 1 aromatic carbocycles. The quantitative estimate of drug-likeness (QED) is 0.441. The van der Waals surface area contributed by atoms with E-state index in [0.717, 1.165) is 6.07 Å². The molecule has 0 bridgehead atoms. The second kappa shape index (κ2) is 5.96. The van der Waals surface area contributed by atoms with Gasteiger partial charge in [-0.2, -0.15) is 0 Å². The molecule has 18 heavy (non-hydrogen) atoms. The SMILES string of the molecule is O=[N+]([O-])c1cc(Cl)ccc1NC(CO)(CO)CO. The van der Waals surface area contributed by atoms with Gasteiger partial charge in [0.1, 0.15) is 11.2 Å². The number of anilines is 1. The van der Waals surface area contributed by atoms with Crippen molar-refractivity contribution in [1.82, 2.24) is 0 Å². The summed E-state index contributed by atoms with van der Waals surface area (Å²) in [6, 6.07) is 3.91. The average Bonchev–Trinajstić information content (AvgIpc) is 2.37. The van der Waals surface area contributed by atoms with E-state index in [1.165, 1.54) is 12.1 Å². The van der Waals surface area contributed by atoms with Crippen LogP contribution >= 0.6 is 11.6 Å². The van der Waals surface area contributed by atoms with E-state index < -0.39 is 30.3 Å². The number of nitro benzene ring substituents is 1. The molecule has 7 nitrogen and oxygen atoms in total. The predicted molar refractivity (Wildman–Crippen MR) is 65.7 cm³/mol. The molecule has 0 fully saturated rings. The van der Waals surface area contributed by atoms with Gasteiger partial charge in [0.15, 0.2) is 0 Å². The molecule has 0 heterocycles. The first-order valence-electron chi connectivity index (χ1n) is 5.03. The van der Waals surface area contributed by atoms with Crippen molar-refractivity contribution in [2.75, 3.05) is 25.1 Å². The summed E-state index contributed by atoms with van der Waals surface area (Å²) in [5, 5.41) is 41.0. The average molecular weight is 277 g/mol. The Morgan fingerprint density at radius 3 is 2.28 bits per heavy atom. The van der Waals surface area contributed by atoms with Gasteiger partial charge in [0.2, 0.25) is 0 Å². The minimum absolute atomic E-state index is 0.0570. The molecule has 100 valence electrons. The maximum absolute atomic E-state index is 10.8. The monoisotopic (exact) mass is 276 g/mol. The Balaban J connectivity index is 3.13. The fourth-order valence-electron chi connectivity index (χ4n) is 1.32. The Labute approximate surface area is 108 Å². The van der Waals surface area contributed by atoms with Crippen LogP contribution in [0.2, 0.25) is 5.02 Å². The van der Waals surface area contributed by atoms with Crippen LogP contribution in [0.4, 0.5) is 11.4 Å². The van der Waals surface area contributed by atoms with Crippen molar-refractivity contribution < 1.29 is 20.2 Å². The van der Waals surface area contributed by atoms with Crippen molar-refractivity contribution >= 4 is 23.0 Å². The Kier molecular flexibility index (Phi) is 4.85. The number of nitro groups is 1. The fraction of sp³-hybridized carbons (Fsp3) is 0.400. The van der Waals surface area contributed by atoms with Gasteiger partial charge in [0.05, 0.1) is 24.7 Å². The number of benzene rings is 1. The Hall–Kier alpha value is -1.41. The molecule has 0 saturated carbocycles. The molecule has 0 radical (unpaired) electrons. The first-order chi connectivity index (χ1) is 8.48. The number of aliphatic hydroxyl groups excluding tert-OH is 3. The summed E-state index contributed by atoms with van der Waals surface area (Å²) in [6.45, 7) is -1.75. The maximum atomic E-state index is 10.8. The van der Waals surface area contributed by atoms with Gasteiger partial charge < -0.3 is 20.6 Å². The van der Waals surface area contributed by atoms with Crippen molar-refractivity contribution in [1.29, 1.82) is 0 Å².